The Labute approximate surface area is 83.3 Å². The average Bonchev–Trinajstić information content (AvgIpc) is 2.68. The first kappa shape index (κ1) is 8.04. The third-order valence-corrected chi connectivity index (χ3v) is 3.63. The minimum atomic E-state index is 0.210. The second-order valence-electron chi connectivity index (χ2n) is 4.33. The van der Waals surface area contributed by atoms with E-state index in [9.17, 15) is 4.79 Å². The Hall–Kier alpha value is -1.31. The molecule has 14 heavy (non-hydrogen) atoms. The van der Waals surface area contributed by atoms with Crippen molar-refractivity contribution < 1.29 is 4.79 Å². The second kappa shape index (κ2) is 2.59. The van der Waals surface area contributed by atoms with E-state index in [2.05, 4.69) is 36.5 Å². The molecule has 2 nitrogen and oxygen atoms in total. The summed E-state index contributed by atoms with van der Waals surface area (Å²) < 4.78 is 0. The SMILES string of the molecule is C[C@H]1c2ccccc2[C@@H]2NC(=O)C[C@H]12. The molecule has 1 N–H and O–H groups in total. The van der Waals surface area contributed by atoms with Crippen LogP contribution in [0.4, 0.5) is 0 Å². The van der Waals surface area contributed by atoms with Gasteiger partial charge in [0.05, 0.1) is 6.04 Å². The number of carbonyl (C=O) groups is 1. The van der Waals surface area contributed by atoms with E-state index in [0.29, 0.717) is 18.3 Å². The first-order valence-electron chi connectivity index (χ1n) is 5.15. The molecule has 1 aliphatic heterocycles. The Kier molecular flexibility index (Phi) is 1.49. The van der Waals surface area contributed by atoms with Crippen LogP contribution in [0.25, 0.3) is 0 Å². The zero-order chi connectivity index (χ0) is 9.71. The molecule has 1 heterocycles. The molecular weight excluding hydrogens is 174 g/mol. The molecule has 1 aromatic rings. The molecule has 0 unspecified atom stereocenters. The highest BCUT2D eigenvalue weighted by Gasteiger charge is 2.43. The van der Waals surface area contributed by atoms with Gasteiger partial charge >= 0.3 is 0 Å². The summed E-state index contributed by atoms with van der Waals surface area (Å²) in [7, 11) is 0. The number of fused-ring (bicyclic) bond motifs is 3. The number of carbonyl (C=O) groups excluding carboxylic acids is 1. The van der Waals surface area contributed by atoms with E-state index in [4.69, 9.17) is 0 Å². The molecule has 1 amide bonds. The van der Waals surface area contributed by atoms with Crippen LogP contribution in [-0.4, -0.2) is 5.91 Å². The van der Waals surface area contributed by atoms with Crippen LogP contribution in [0.2, 0.25) is 0 Å². The third kappa shape index (κ3) is 0.884. The largest absolute Gasteiger partial charge is 0.349 e. The predicted molar refractivity (Wildman–Crippen MR) is 53.8 cm³/mol. The Bertz CT molecular complexity index is 399. The van der Waals surface area contributed by atoms with E-state index in [0.717, 1.165) is 0 Å². The van der Waals surface area contributed by atoms with Crippen LogP contribution in [0.3, 0.4) is 0 Å². The van der Waals surface area contributed by atoms with Crippen LogP contribution in [0.1, 0.15) is 36.4 Å². The number of hydrogen-bond acceptors (Lipinski definition) is 1. The fraction of sp³-hybridized carbons (Fsp3) is 0.417. The molecular formula is C12H13NO. The standard InChI is InChI=1S/C12H13NO/c1-7-8-4-2-3-5-9(8)12-10(7)6-11(14)13-12/h2-5,7,10,12H,6H2,1H3,(H,13,14)/t7-,10+,12-/m0/s1. The molecule has 3 rings (SSSR count). The zero-order valence-electron chi connectivity index (χ0n) is 8.16. The fourth-order valence-electron chi connectivity index (χ4n) is 2.88. The Balaban J connectivity index is 2.11. The molecule has 1 aromatic carbocycles. The average molecular weight is 187 g/mol. The van der Waals surface area contributed by atoms with Gasteiger partial charge in [-0.2, -0.15) is 0 Å². The smallest absolute Gasteiger partial charge is 0.220 e. The molecule has 1 saturated heterocycles. The highest BCUT2D eigenvalue weighted by Crippen LogP contribution is 2.48. The topological polar surface area (TPSA) is 29.1 Å². The van der Waals surface area contributed by atoms with Crippen LogP contribution in [0.15, 0.2) is 24.3 Å². The molecule has 0 saturated carbocycles. The van der Waals surface area contributed by atoms with Crippen molar-refractivity contribution in [1.29, 1.82) is 0 Å². The quantitative estimate of drug-likeness (QED) is 0.661. The van der Waals surface area contributed by atoms with E-state index in [1.54, 1.807) is 0 Å². The van der Waals surface area contributed by atoms with Gasteiger partial charge in [-0.15, -0.1) is 0 Å². The minimum Gasteiger partial charge on any atom is -0.349 e. The maximum atomic E-state index is 11.3. The number of amides is 1. The molecule has 0 bridgehead atoms. The number of nitrogens with one attached hydrogen (secondary N) is 1. The highest BCUT2D eigenvalue weighted by atomic mass is 16.2. The second-order valence-corrected chi connectivity index (χ2v) is 4.33. The van der Waals surface area contributed by atoms with Gasteiger partial charge in [-0.3, -0.25) is 4.79 Å². The predicted octanol–water partition coefficient (Wildman–Crippen LogP) is 1.98. The molecule has 3 atom stereocenters. The van der Waals surface area contributed by atoms with Crippen LogP contribution in [0.5, 0.6) is 0 Å². The summed E-state index contributed by atoms with van der Waals surface area (Å²) in [5, 5.41) is 3.06. The highest BCUT2D eigenvalue weighted by molar-refractivity contribution is 5.80. The monoisotopic (exact) mass is 187 g/mol. The van der Waals surface area contributed by atoms with Crippen LogP contribution < -0.4 is 5.32 Å². The lowest BCUT2D eigenvalue weighted by atomic mass is 9.92. The van der Waals surface area contributed by atoms with Crippen molar-refractivity contribution in [2.75, 3.05) is 0 Å². The molecule has 0 aromatic heterocycles. The Morgan fingerprint density at radius 2 is 2.00 bits per heavy atom. The van der Waals surface area contributed by atoms with E-state index in [-0.39, 0.29) is 11.9 Å². The summed E-state index contributed by atoms with van der Waals surface area (Å²) in [6.07, 6.45) is 0.695. The molecule has 2 aliphatic rings. The normalized spacial score (nSPS) is 33.8. The lowest BCUT2D eigenvalue weighted by molar-refractivity contribution is -0.119. The van der Waals surface area contributed by atoms with Gasteiger partial charge in [-0.25, -0.2) is 0 Å². The molecule has 1 aliphatic carbocycles. The van der Waals surface area contributed by atoms with E-state index in [1.165, 1.54) is 11.1 Å². The van der Waals surface area contributed by atoms with Gasteiger partial charge in [0.25, 0.3) is 0 Å². The van der Waals surface area contributed by atoms with E-state index in [1.807, 2.05) is 0 Å². The zero-order valence-corrected chi connectivity index (χ0v) is 8.16. The van der Waals surface area contributed by atoms with Crippen molar-refractivity contribution >= 4 is 5.91 Å². The first-order valence-corrected chi connectivity index (χ1v) is 5.15. The van der Waals surface area contributed by atoms with E-state index < -0.39 is 0 Å². The van der Waals surface area contributed by atoms with Crippen molar-refractivity contribution in [2.24, 2.45) is 5.92 Å². The Morgan fingerprint density at radius 3 is 2.79 bits per heavy atom. The Morgan fingerprint density at radius 1 is 1.29 bits per heavy atom. The molecule has 0 spiro atoms. The van der Waals surface area contributed by atoms with Gasteiger partial charge < -0.3 is 5.32 Å². The van der Waals surface area contributed by atoms with Gasteiger partial charge in [0.2, 0.25) is 5.91 Å². The van der Waals surface area contributed by atoms with Crippen molar-refractivity contribution in [3.8, 4) is 0 Å². The summed E-state index contributed by atoms with van der Waals surface area (Å²) in [6.45, 7) is 2.23. The van der Waals surface area contributed by atoms with Crippen molar-refractivity contribution in [3.63, 3.8) is 0 Å². The number of rotatable bonds is 0. The maximum absolute atomic E-state index is 11.3. The lowest BCUT2D eigenvalue weighted by Crippen LogP contribution is -2.18. The van der Waals surface area contributed by atoms with E-state index >= 15 is 0 Å². The van der Waals surface area contributed by atoms with Crippen LogP contribution in [-0.2, 0) is 4.79 Å². The lowest BCUT2D eigenvalue weighted by Gasteiger charge is -2.11. The summed E-state index contributed by atoms with van der Waals surface area (Å²) in [4.78, 5) is 11.3. The molecule has 72 valence electrons. The van der Waals surface area contributed by atoms with Gasteiger partial charge in [-0.1, -0.05) is 31.2 Å². The summed E-state index contributed by atoms with van der Waals surface area (Å²) in [6, 6.07) is 8.75. The maximum Gasteiger partial charge on any atom is 0.220 e. The van der Waals surface area contributed by atoms with Gasteiger partial charge in [-0.05, 0) is 23.0 Å². The molecule has 0 radical (unpaired) electrons. The third-order valence-electron chi connectivity index (χ3n) is 3.63. The van der Waals surface area contributed by atoms with Gasteiger partial charge in [0, 0.05) is 6.42 Å². The first-order chi connectivity index (χ1) is 6.77. The van der Waals surface area contributed by atoms with Gasteiger partial charge in [0.1, 0.15) is 0 Å². The van der Waals surface area contributed by atoms with Crippen molar-refractivity contribution in [2.45, 2.75) is 25.3 Å². The molecule has 1 fully saturated rings. The minimum absolute atomic E-state index is 0.210. The summed E-state index contributed by atoms with van der Waals surface area (Å²) in [5.74, 6) is 1.22. The summed E-state index contributed by atoms with van der Waals surface area (Å²) in [5.41, 5.74) is 2.75. The molecule has 2 heteroatoms. The fourth-order valence-corrected chi connectivity index (χ4v) is 2.88. The van der Waals surface area contributed by atoms with Crippen molar-refractivity contribution in [1.82, 2.24) is 5.32 Å². The van der Waals surface area contributed by atoms with Gasteiger partial charge in [0.15, 0.2) is 0 Å². The van der Waals surface area contributed by atoms with Crippen LogP contribution >= 0.6 is 0 Å². The van der Waals surface area contributed by atoms with Crippen molar-refractivity contribution in [3.05, 3.63) is 35.4 Å². The number of benzene rings is 1. The summed E-state index contributed by atoms with van der Waals surface area (Å²) >= 11 is 0. The van der Waals surface area contributed by atoms with Crippen LogP contribution in [0, 0.1) is 5.92 Å². The number of hydrogen-bond donors (Lipinski definition) is 1.